The SMILES string of the molecule is N#C[C@@H]1CC(F)(F)CN1C(=O)CNC(=O)c1ccnc2c(NC(=O)CNC(=O)Cc3ccc(B(O)O)cc3)cccc12. The topological polar surface area (TPSA) is 185 Å². The molecule has 0 spiro atoms. The second-order valence-corrected chi connectivity index (χ2v) is 9.59. The number of aromatic nitrogens is 1. The minimum atomic E-state index is -3.18. The molecule has 12 nitrogen and oxygen atoms in total. The van der Waals surface area contributed by atoms with E-state index in [-0.39, 0.29) is 35.2 Å². The highest BCUT2D eigenvalue weighted by atomic mass is 19.3. The first-order valence-corrected chi connectivity index (χ1v) is 12.7. The number of nitriles is 1. The zero-order valence-corrected chi connectivity index (χ0v) is 22.0. The number of likely N-dealkylation sites (tertiary alicyclic amines) is 1. The summed E-state index contributed by atoms with van der Waals surface area (Å²) in [5.41, 5.74) is 1.50. The number of fused-ring (bicyclic) bond motifs is 1. The summed E-state index contributed by atoms with van der Waals surface area (Å²) in [6, 6.07) is 12.5. The molecular formula is C27H25BF2N6O6. The fourth-order valence-corrected chi connectivity index (χ4v) is 4.45. The molecule has 0 saturated carbocycles. The second-order valence-electron chi connectivity index (χ2n) is 9.59. The normalized spacial score (nSPS) is 15.5. The molecule has 2 heterocycles. The average molecular weight is 578 g/mol. The van der Waals surface area contributed by atoms with Gasteiger partial charge >= 0.3 is 7.12 Å². The average Bonchev–Trinajstić information content (AvgIpc) is 3.29. The molecule has 1 aliphatic rings. The first-order chi connectivity index (χ1) is 20.0. The van der Waals surface area contributed by atoms with Crippen molar-refractivity contribution in [1.82, 2.24) is 20.5 Å². The number of halogens is 2. The van der Waals surface area contributed by atoms with Gasteiger partial charge in [0.2, 0.25) is 17.7 Å². The Labute approximate surface area is 238 Å². The molecule has 0 bridgehead atoms. The van der Waals surface area contributed by atoms with Crippen LogP contribution in [0, 0.1) is 11.3 Å². The number of hydrogen-bond donors (Lipinski definition) is 5. The van der Waals surface area contributed by atoms with E-state index < -0.39 is 62.2 Å². The third kappa shape index (κ3) is 7.22. The maximum Gasteiger partial charge on any atom is 0.488 e. The van der Waals surface area contributed by atoms with Gasteiger partial charge in [0.1, 0.15) is 6.04 Å². The Bertz CT molecular complexity index is 1560. The van der Waals surface area contributed by atoms with Gasteiger partial charge in [-0.1, -0.05) is 36.4 Å². The summed E-state index contributed by atoms with van der Waals surface area (Å²) < 4.78 is 27.3. The van der Waals surface area contributed by atoms with Gasteiger partial charge in [-0.15, -0.1) is 0 Å². The molecule has 0 radical (unpaired) electrons. The van der Waals surface area contributed by atoms with Gasteiger partial charge in [0.15, 0.2) is 0 Å². The van der Waals surface area contributed by atoms with E-state index in [0.717, 1.165) is 4.90 Å². The summed E-state index contributed by atoms with van der Waals surface area (Å²) in [5, 5.41) is 35.2. The molecule has 2 aromatic carbocycles. The standard InChI is InChI=1S/C27H25BF2N6O6/c29-27(30)11-18(12-31)36(15-27)24(39)14-34-26(40)20-8-9-32-25-19(20)2-1-3-21(25)35-23(38)13-33-22(37)10-16-4-6-17(7-5-16)28(41)42/h1-9,18,41-42H,10-11,13-15H2,(H,33,37)(H,34,40)(H,35,38)/t18-/m0/s1. The van der Waals surface area contributed by atoms with Crippen molar-refractivity contribution >= 4 is 52.8 Å². The summed E-state index contributed by atoms with van der Waals surface area (Å²) in [6.07, 6.45) is 0.523. The second kappa shape index (κ2) is 12.7. The van der Waals surface area contributed by atoms with Crippen molar-refractivity contribution in [1.29, 1.82) is 5.26 Å². The number of para-hydroxylation sites is 1. The summed E-state index contributed by atoms with van der Waals surface area (Å²) in [7, 11) is -1.62. The first kappa shape index (κ1) is 30.0. The Morgan fingerprint density at radius 1 is 1.05 bits per heavy atom. The highest BCUT2D eigenvalue weighted by molar-refractivity contribution is 6.58. The van der Waals surface area contributed by atoms with E-state index in [1.165, 1.54) is 24.4 Å². The number of carbonyl (C=O) groups is 4. The van der Waals surface area contributed by atoms with E-state index in [4.69, 9.17) is 15.3 Å². The number of pyridine rings is 1. The van der Waals surface area contributed by atoms with E-state index in [1.54, 1.807) is 36.4 Å². The van der Waals surface area contributed by atoms with Crippen LogP contribution >= 0.6 is 0 Å². The van der Waals surface area contributed by atoms with Crippen LogP contribution in [0.15, 0.2) is 54.7 Å². The fourth-order valence-electron chi connectivity index (χ4n) is 4.45. The van der Waals surface area contributed by atoms with Gasteiger partial charge in [0.05, 0.1) is 48.9 Å². The zero-order chi connectivity index (χ0) is 30.4. The Balaban J connectivity index is 1.35. The lowest BCUT2D eigenvalue weighted by molar-refractivity contribution is -0.131. The van der Waals surface area contributed by atoms with Crippen LogP contribution in [0.1, 0.15) is 22.3 Å². The molecule has 4 rings (SSSR count). The Hall–Kier alpha value is -4.94. The van der Waals surface area contributed by atoms with Crippen LogP contribution in [0.25, 0.3) is 10.9 Å². The summed E-state index contributed by atoms with van der Waals surface area (Å²) >= 11 is 0. The zero-order valence-electron chi connectivity index (χ0n) is 22.0. The number of nitrogens with zero attached hydrogens (tertiary/aromatic N) is 3. The predicted molar refractivity (Wildman–Crippen MR) is 146 cm³/mol. The van der Waals surface area contributed by atoms with Crippen LogP contribution in [-0.4, -0.2) is 82.3 Å². The number of carbonyl (C=O) groups excluding carboxylic acids is 4. The lowest BCUT2D eigenvalue weighted by atomic mass is 9.80. The molecule has 3 aromatic rings. The monoisotopic (exact) mass is 578 g/mol. The van der Waals surface area contributed by atoms with Crippen molar-refractivity contribution in [3.05, 3.63) is 65.9 Å². The van der Waals surface area contributed by atoms with Gasteiger partial charge in [-0.05, 0) is 23.2 Å². The molecule has 4 amide bonds. The van der Waals surface area contributed by atoms with Crippen molar-refractivity contribution in [2.45, 2.75) is 24.8 Å². The first-order valence-electron chi connectivity index (χ1n) is 12.7. The van der Waals surface area contributed by atoms with Crippen LogP contribution in [0.3, 0.4) is 0 Å². The van der Waals surface area contributed by atoms with Crippen LogP contribution in [0.5, 0.6) is 0 Å². The van der Waals surface area contributed by atoms with E-state index in [1.807, 2.05) is 0 Å². The number of alkyl halides is 2. The van der Waals surface area contributed by atoms with Gasteiger partial charge in [-0.2, -0.15) is 5.26 Å². The van der Waals surface area contributed by atoms with Crippen LogP contribution in [0.4, 0.5) is 14.5 Å². The van der Waals surface area contributed by atoms with Crippen molar-refractivity contribution in [2.24, 2.45) is 0 Å². The molecule has 5 N–H and O–H groups in total. The van der Waals surface area contributed by atoms with Gasteiger partial charge in [0.25, 0.3) is 11.8 Å². The van der Waals surface area contributed by atoms with E-state index in [9.17, 15) is 28.0 Å². The Morgan fingerprint density at radius 3 is 2.48 bits per heavy atom. The summed E-state index contributed by atoms with van der Waals surface area (Å²) in [4.78, 5) is 55.1. The molecule has 0 unspecified atom stereocenters. The van der Waals surface area contributed by atoms with E-state index in [0.29, 0.717) is 10.9 Å². The molecule has 0 aliphatic carbocycles. The molecule has 1 aromatic heterocycles. The molecule has 216 valence electrons. The summed E-state index contributed by atoms with van der Waals surface area (Å²) in [5.74, 6) is -5.69. The van der Waals surface area contributed by atoms with Gasteiger partial charge in [0, 0.05) is 18.0 Å². The van der Waals surface area contributed by atoms with Crippen molar-refractivity contribution in [3.63, 3.8) is 0 Å². The van der Waals surface area contributed by atoms with Crippen molar-refractivity contribution < 1.29 is 38.0 Å². The molecule has 1 aliphatic heterocycles. The highest BCUT2D eigenvalue weighted by Crippen LogP contribution is 2.31. The molecule has 15 heteroatoms. The lowest BCUT2D eigenvalue weighted by Gasteiger charge is -2.19. The minimum absolute atomic E-state index is 0.0385. The molecular weight excluding hydrogens is 553 g/mol. The maximum absolute atomic E-state index is 13.7. The number of amides is 4. The van der Waals surface area contributed by atoms with Gasteiger partial charge in [-0.25, -0.2) is 8.78 Å². The molecule has 42 heavy (non-hydrogen) atoms. The minimum Gasteiger partial charge on any atom is -0.423 e. The van der Waals surface area contributed by atoms with E-state index in [2.05, 4.69) is 20.9 Å². The molecule has 1 atom stereocenters. The van der Waals surface area contributed by atoms with Crippen LogP contribution < -0.4 is 21.4 Å². The van der Waals surface area contributed by atoms with Crippen molar-refractivity contribution in [3.8, 4) is 6.07 Å². The van der Waals surface area contributed by atoms with E-state index >= 15 is 0 Å². The van der Waals surface area contributed by atoms with Gasteiger partial charge in [-0.3, -0.25) is 24.2 Å². The van der Waals surface area contributed by atoms with Gasteiger partial charge < -0.3 is 30.9 Å². The maximum atomic E-state index is 13.7. The molecule has 1 fully saturated rings. The Kier molecular flexibility index (Phi) is 9.09. The fraction of sp³-hybridized carbons (Fsp3) is 0.259. The molecule has 1 saturated heterocycles. The quantitative estimate of drug-likeness (QED) is 0.214. The number of anilines is 1. The number of hydrogen-bond acceptors (Lipinski definition) is 8. The lowest BCUT2D eigenvalue weighted by Crippen LogP contribution is -2.43. The number of nitrogens with one attached hydrogen (secondary N) is 3. The highest BCUT2D eigenvalue weighted by Gasteiger charge is 2.47. The smallest absolute Gasteiger partial charge is 0.423 e. The third-order valence-corrected chi connectivity index (χ3v) is 6.52. The number of benzene rings is 2. The predicted octanol–water partition coefficient (Wildman–Crippen LogP) is -0.298. The Morgan fingerprint density at radius 2 is 1.79 bits per heavy atom. The van der Waals surface area contributed by atoms with Crippen LogP contribution in [0.2, 0.25) is 0 Å². The summed E-state index contributed by atoms with van der Waals surface area (Å²) in [6.45, 7) is -1.85. The largest absolute Gasteiger partial charge is 0.488 e. The van der Waals surface area contributed by atoms with Crippen LogP contribution in [-0.2, 0) is 20.8 Å². The number of rotatable bonds is 9. The third-order valence-electron chi connectivity index (χ3n) is 6.52. The van der Waals surface area contributed by atoms with Crippen molar-refractivity contribution in [2.75, 3.05) is 25.0 Å².